The van der Waals surface area contributed by atoms with Gasteiger partial charge in [0.1, 0.15) is 12.7 Å². The maximum absolute atomic E-state index is 12.3. The third-order valence-electron chi connectivity index (χ3n) is 6.11. The van der Waals surface area contributed by atoms with Crippen molar-refractivity contribution >= 4 is 18.0 Å². The number of carbonyl (C=O) groups excluding carboxylic acids is 2. The Kier molecular flexibility index (Phi) is 7.96. The molecule has 3 atom stereocenters. The Hall–Kier alpha value is -3.47. The van der Waals surface area contributed by atoms with Crippen LogP contribution in [0.1, 0.15) is 29.9 Å². The highest BCUT2D eigenvalue weighted by molar-refractivity contribution is 5.81. The summed E-state index contributed by atoms with van der Waals surface area (Å²) in [5, 5.41) is 11.7. The Balaban J connectivity index is 1.21. The molecule has 0 bridgehead atoms. The highest BCUT2D eigenvalue weighted by Crippen LogP contribution is 2.44. The van der Waals surface area contributed by atoms with Gasteiger partial charge in [0.05, 0.1) is 12.7 Å². The van der Waals surface area contributed by atoms with Crippen molar-refractivity contribution in [3.8, 4) is 11.1 Å². The summed E-state index contributed by atoms with van der Waals surface area (Å²) in [6, 6.07) is 16.2. The zero-order chi connectivity index (χ0) is 24.8. The van der Waals surface area contributed by atoms with Gasteiger partial charge in [0.2, 0.25) is 6.10 Å². The van der Waals surface area contributed by atoms with Crippen LogP contribution in [0.3, 0.4) is 0 Å². The van der Waals surface area contributed by atoms with Gasteiger partial charge in [-0.2, -0.15) is 0 Å². The number of carboxylic acids is 1. The third-order valence-corrected chi connectivity index (χ3v) is 6.11. The molecule has 2 aromatic rings. The predicted octanol–water partition coefficient (Wildman–Crippen LogP) is 2.22. The number of aliphatic carboxylic acids is 1. The second-order valence-corrected chi connectivity index (χ2v) is 8.40. The van der Waals surface area contributed by atoms with E-state index in [4.69, 9.17) is 24.2 Å². The maximum Gasteiger partial charge on any atom is 0.407 e. The number of fused-ring (bicyclic) bond motifs is 3. The lowest BCUT2D eigenvalue weighted by Crippen LogP contribution is -2.42. The highest BCUT2D eigenvalue weighted by Gasteiger charge is 2.33. The van der Waals surface area contributed by atoms with Crippen LogP contribution in [-0.2, 0) is 28.6 Å². The monoisotopic (exact) mass is 484 g/mol. The van der Waals surface area contributed by atoms with E-state index in [0.29, 0.717) is 12.8 Å². The van der Waals surface area contributed by atoms with Gasteiger partial charge in [0.25, 0.3) is 5.91 Å². The van der Waals surface area contributed by atoms with Gasteiger partial charge in [-0.05, 0) is 35.1 Å². The smallest absolute Gasteiger partial charge is 0.407 e. The molecule has 0 radical (unpaired) electrons. The van der Waals surface area contributed by atoms with Crippen molar-refractivity contribution in [3.05, 3.63) is 59.7 Å². The van der Waals surface area contributed by atoms with Gasteiger partial charge in [-0.15, -0.1) is 0 Å². The minimum Gasteiger partial charge on any atom is -0.479 e. The topological polar surface area (TPSA) is 132 Å². The van der Waals surface area contributed by atoms with Crippen LogP contribution < -0.4 is 10.8 Å². The normalized spacial score (nSPS) is 19.5. The molecule has 1 saturated heterocycles. The minimum absolute atomic E-state index is 0.0308. The SMILES string of the molecule is COCC(ONC(=O)C1CCC(CNC(=O)OCC2c3ccccc3-c3ccccc32)O1)C(=O)O. The first kappa shape index (κ1) is 24.6. The second kappa shape index (κ2) is 11.3. The summed E-state index contributed by atoms with van der Waals surface area (Å²) < 4.78 is 15.9. The molecule has 186 valence electrons. The fourth-order valence-corrected chi connectivity index (χ4v) is 4.40. The van der Waals surface area contributed by atoms with Crippen molar-refractivity contribution in [3.63, 3.8) is 0 Å². The van der Waals surface area contributed by atoms with E-state index in [0.717, 1.165) is 22.3 Å². The zero-order valence-electron chi connectivity index (χ0n) is 19.3. The molecule has 1 aliphatic heterocycles. The van der Waals surface area contributed by atoms with E-state index in [1.807, 2.05) is 24.3 Å². The molecular formula is C25H28N2O8. The van der Waals surface area contributed by atoms with Crippen molar-refractivity contribution < 1.29 is 38.5 Å². The molecule has 2 aliphatic rings. The largest absolute Gasteiger partial charge is 0.479 e. The lowest BCUT2D eigenvalue weighted by atomic mass is 9.98. The molecule has 1 aliphatic carbocycles. The summed E-state index contributed by atoms with van der Waals surface area (Å²) >= 11 is 0. The van der Waals surface area contributed by atoms with Gasteiger partial charge in [-0.25, -0.2) is 15.1 Å². The van der Waals surface area contributed by atoms with Crippen molar-refractivity contribution in [1.82, 2.24) is 10.8 Å². The Morgan fingerprint density at radius 1 is 1.06 bits per heavy atom. The average molecular weight is 485 g/mol. The van der Waals surface area contributed by atoms with E-state index < -0.39 is 30.2 Å². The van der Waals surface area contributed by atoms with Gasteiger partial charge < -0.3 is 24.6 Å². The van der Waals surface area contributed by atoms with E-state index in [-0.39, 0.29) is 31.8 Å². The molecule has 2 aromatic carbocycles. The number of methoxy groups -OCH3 is 1. The number of nitrogens with one attached hydrogen (secondary N) is 2. The Bertz CT molecular complexity index is 1030. The number of hydrogen-bond acceptors (Lipinski definition) is 7. The lowest BCUT2D eigenvalue weighted by Gasteiger charge is -2.17. The number of hydroxylamine groups is 1. The summed E-state index contributed by atoms with van der Waals surface area (Å²) in [7, 11) is 1.33. The summed E-state index contributed by atoms with van der Waals surface area (Å²) in [6.45, 7) is 0.177. The molecule has 0 aromatic heterocycles. The molecule has 1 fully saturated rings. The van der Waals surface area contributed by atoms with Crippen LogP contribution in [0.15, 0.2) is 48.5 Å². The molecule has 3 unspecified atom stereocenters. The van der Waals surface area contributed by atoms with Gasteiger partial charge >= 0.3 is 12.1 Å². The fourth-order valence-electron chi connectivity index (χ4n) is 4.40. The average Bonchev–Trinajstić information content (AvgIpc) is 3.47. The van der Waals surface area contributed by atoms with E-state index in [1.54, 1.807) is 0 Å². The first-order chi connectivity index (χ1) is 17.0. The molecule has 3 N–H and O–H groups in total. The van der Waals surface area contributed by atoms with Crippen molar-refractivity contribution in [2.24, 2.45) is 0 Å². The van der Waals surface area contributed by atoms with E-state index in [2.05, 4.69) is 35.1 Å². The number of rotatable bonds is 10. The van der Waals surface area contributed by atoms with Crippen LogP contribution in [0.4, 0.5) is 4.79 Å². The minimum atomic E-state index is -1.32. The number of amides is 2. The number of alkyl carbamates (subject to hydrolysis) is 1. The summed E-state index contributed by atoms with van der Waals surface area (Å²) in [4.78, 5) is 40.5. The first-order valence-electron chi connectivity index (χ1n) is 11.4. The van der Waals surface area contributed by atoms with Crippen molar-refractivity contribution in [1.29, 1.82) is 0 Å². The number of carboxylic acid groups (broad SMARTS) is 1. The first-order valence-corrected chi connectivity index (χ1v) is 11.4. The quantitative estimate of drug-likeness (QED) is 0.438. The fraction of sp³-hybridized carbons (Fsp3) is 0.400. The molecular weight excluding hydrogens is 456 g/mol. The van der Waals surface area contributed by atoms with Crippen molar-refractivity contribution in [2.75, 3.05) is 26.9 Å². The Labute approximate surface area is 202 Å². The van der Waals surface area contributed by atoms with Gasteiger partial charge in [0.15, 0.2) is 0 Å². The summed E-state index contributed by atoms with van der Waals surface area (Å²) in [5.41, 5.74) is 6.68. The molecule has 1 heterocycles. The summed E-state index contributed by atoms with van der Waals surface area (Å²) in [6.07, 6.45) is -2.11. The van der Waals surface area contributed by atoms with Gasteiger partial charge in [-0.3, -0.25) is 9.63 Å². The second-order valence-electron chi connectivity index (χ2n) is 8.40. The van der Waals surface area contributed by atoms with Gasteiger partial charge in [0, 0.05) is 19.6 Å². The Morgan fingerprint density at radius 2 is 1.71 bits per heavy atom. The molecule has 0 saturated carbocycles. The van der Waals surface area contributed by atoms with Crippen LogP contribution in [0.2, 0.25) is 0 Å². The molecule has 10 nitrogen and oxygen atoms in total. The lowest BCUT2D eigenvalue weighted by molar-refractivity contribution is -0.168. The van der Waals surface area contributed by atoms with Crippen LogP contribution in [0.5, 0.6) is 0 Å². The predicted molar refractivity (Wildman–Crippen MR) is 123 cm³/mol. The molecule has 10 heteroatoms. The molecule has 4 rings (SSSR count). The van der Waals surface area contributed by atoms with E-state index in [9.17, 15) is 14.4 Å². The van der Waals surface area contributed by atoms with Crippen molar-refractivity contribution in [2.45, 2.75) is 37.1 Å². The summed E-state index contributed by atoms with van der Waals surface area (Å²) in [5.74, 6) is -1.88. The third kappa shape index (κ3) is 5.79. The Morgan fingerprint density at radius 3 is 2.34 bits per heavy atom. The highest BCUT2D eigenvalue weighted by atomic mass is 16.7. The maximum atomic E-state index is 12.3. The van der Waals surface area contributed by atoms with E-state index >= 15 is 0 Å². The number of ether oxygens (including phenoxy) is 3. The number of benzene rings is 2. The standard InChI is InChI=1S/C25H28N2O8/c1-32-14-22(24(29)30)35-27-23(28)21-11-10-15(34-21)12-26-25(31)33-13-20-18-8-4-2-6-16(18)17-7-3-5-9-19(17)20/h2-9,15,20-22H,10-14H2,1H3,(H,26,31)(H,27,28)(H,29,30). The molecule has 0 spiro atoms. The van der Waals surface area contributed by atoms with Crippen LogP contribution in [-0.4, -0.2) is 68.3 Å². The molecule has 35 heavy (non-hydrogen) atoms. The molecule has 2 amide bonds. The van der Waals surface area contributed by atoms with Crippen LogP contribution >= 0.6 is 0 Å². The van der Waals surface area contributed by atoms with Crippen LogP contribution in [0.25, 0.3) is 11.1 Å². The number of carbonyl (C=O) groups is 3. The van der Waals surface area contributed by atoms with Crippen LogP contribution in [0, 0.1) is 0 Å². The van der Waals surface area contributed by atoms with E-state index in [1.165, 1.54) is 7.11 Å². The van der Waals surface area contributed by atoms with Gasteiger partial charge in [-0.1, -0.05) is 48.5 Å². The number of hydrogen-bond donors (Lipinski definition) is 3. The zero-order valence-corrected chi connectivity index (χ0v) is 19.3.